The van der Waals surface area contributed by atoms with E-state index < -0.39 is 47.1 Å². The molecule has 4 N–H and O–H groups in total. The normalized spacial score (nSPS) is 18.5. The maximum atomic E-state index is 13.8. The first-order valence-electron chi connectivity index (χ1n) is 10.7. The second-order valence-corrected chi connectivity index (χ2v) is 8.85. The number of nitrogens with zero attached hydrogens (tertiary/aromatic N) is 2. The van der Waals surface area contributed by atoms with Gasteiger partial charge in [0.1, 0.15) is 24.6 Å². The highest BCUT2D eigenvalue weighted by Gasteiger charge is 2.59. The summed E-state index contributed by atoms with van der Waals surface area (Å²) in [7, 11) is 0. The van der Waals surface area contributed by atoms with Crippen molar-refractivity contribution in [2.45, 2.75) is 26.0 Å². The van der Waals surface area contributed by atoms with E-state index in [4.69, 9.17) is 22.1 Å². The van der Waals surface area contributed by atoms with Gasteiger partial charge >= 0.3 is 0 Å². The molecule has 188 valence electrons. The predicted octanol–water partition coefficient (Wildman–Crippen LogP) is 2.02. The van der Waals surface area contributed by atoms with Crippen molar-refractivity contribution < 1.29 is 28.2 Å². The van der Waals surface area contributed by atoms with Gasteiger partial charge in [-0.2, -0.15) is 0 Å². The van der Waals surface area contributed by atoms with Gasteiger partial charge in [-0.3, -0.25) is 19.0 Å². The summed E-state index contributed by atoms with van der Waals surface area (Å²) in [6.07, 6.45) is 1.38. The van der Waals surface area contributed by atoms with Crippen LogP contribution < -0.4 is 21.3 Å². The van der Waals surface area contributed by atoms with Crippen LogP contribution in [0.15, 0.2) is 47.5 Å². The number of benzene rings is 2. The molecule has 1 fully saturated rings. The fraction of sp³-hybridized carbons (Fsp3) is 0.250. The van der Waals surface area contributed by atoms with Crippen molar-refractivity contribution in [2.24, 2.45) is 11.1 Å². The summed E-state index contributed by atoms with van der Waals surface area (Å²) in [5, 5.41) is 11.8. The maximum absolute atomic E-state index is 13.8. The molecule has 0 radical (unpaired) electrons. The first kappa shape index (κ1) is 25.3. The maximum Gasteiger partial charge on any atom is 0.280 e. The number of aromatic nitrogens is 2. The average molecular weight is 519 g/mol. The molecule has 1 unspecified atom stereocenters. The quantitative estimate of drug-likeness (QED) is 0.417. The number of nitrogens with two attached hydrogens (primary N) is 1. The third-order valence-corrected chi connectivity index (χ3v) is 6.47. The second kappa shape index (κ2) is 9.67. The first-order valence-corrected chi connectivity index (χ1v) is 11.1. The molecule has 1 aromatic heterocycles. The van der Waals surface area contributed by atoms with Gasteiger partial charge in [-0.15, -0.1) is 0 Å². The summed E-state index contributed by atoms with van der Waals surface area (Å²) >= 11 is 6.17. The Morgan fingerprint density at radius 3 is 2.69 bits per heavy atom. The number of amides is 2. The number of aryl methyl sites for hydroxylation is 1. The number of primary amides is 1. The molecular weight excluding hydrogens is 498 g/mol. The minimum Gasteiger partial charge on any atom is -0.471 e. The van der Waals surface area contributed by atoms with Gasteiger partial charge in [0, 0.05) is 23.2 Å². The van der Waals surface area contributed by atoms with E-state index >= 15 is 0 Å². The highest BCUT2D eigenvalue weighted by Crippen LogP contribution is 2.45. The predicted molar refractivity (Wildman–Crippen MR) is 125 cm³/mol. The van der Waals surface area contributed by atoms with Crippen molar-refractivity contribution in [3.05, 3.63) is 86.4 Å². The van der Waals surface area contributed by atoms with Gasteiger partial charge in [0.2, 0.25) is 11.8 Å². The zero-order valence-electron chi connectivity index (χ0n) is 18.9. The number of ether oxygens (including phenoxy) is 1. The minimum atomic E-state index is -1.18. The molecule has 2 aromatic carbocycles. The fourth-order valence-electron chi connectivity index (χ4n) is 3.74. The first-order chi connectivity index (χ1) is 17.1. The highest BCUT2D eigenvalue weighted by atomic mass is 35.5. The molecule has 1 aliphatic rings. The average Bonchev–Trinajstić information content (AvgIpc) is 3.55. The molecule has 4 rings (SSSR count). The molecule has 1 aliphatic carbocycles. The molecule has 3 aromatic rings. The third-order valence-electron chi connectivity index (χ3n) is 6.15. The van der Waals surface area contributed by atoms with Gasteiger partial charge in [0.05, 0.1) is 17.7 Å². The Labute approximate surface area is 208 Å². The van der Waals surface area contributed by atoms with Crippen LogP contribution in [0.5, 0.6) is 5.88 Å². The molecule has 9 nitrogen and oxygen atoms in total. The van der Waals surface area contributed by atoms with E-state index in [1.807, 2.05) is 0 Å². The Kier molecular flexibility index (Phi) is 6.79. The molecule has 0 spiro atoms. The van der Waals surface area contributed by atoms with Crippen LogP contribution in [0.1, 0.15) is 27.9 Å². The Balaban J connectivity index is 1.55. The Morgan fingerprint density at radius 1 is 1.31 bits per heavy atom. The number of nitrogens with one attached hydrogen (secondary N) is 1. The minimum absolute atomic E-state index is 0.0465. The molecule has 12 heteroatoms. The van der Waals surface area contributed by atoms with Crippen LogP contribution in [0.2, 0.25) is 5.02 Å². The zero-order valence-corrected chi connectivity index (χ0v) is 19.7. The van der Waals surface area contributed by atoms with Crippen molar-refractivity contribution in [1.29, 1.82) is 0 Å². The fourth-order valence-corrected chi connectivity index (χ4v) is 3.94. The van der Waals surface area contributed by atoms with Crippen molar-refractivity contribution in [3.63, 3.8) is 0 Å². The van der Waals surface area contributed by atoms with Crippen LogP contribution in [-0.4, -0.2) is 39.1 Å². The summed E-state index contributed by atoms with van der Waals surface area (Å²) in [4.78, 5) is 41.3. The molecule has 0 aliphatic heterocycles. The van der Waals surface area contributed by atoms with E-state index in [1.165, 1.54) is 18.2 Å². The highest BCUT2D eigenvalue weighted by molar-refractivity contribution is 6.31. The van der Waals surface area contributed by atoms with Gasteiger partial charge in [-0.1, -0.05) is 17.7 Å². The molecular formula is C24H21ClF2N4O5. The lowest BCUT2D eigenvalue weighted by Gasteiger charge is -2.14. The molecule has 2 atom stereocenters. The van der Waals surface area contributed by atoms with E-state index in [9.17, 15) is 28.3 Å². The van der Waals surface area contributed by atoms with E-state index in [-0.39, 0.29) is 35.1 Å². The van der Waals surface area contributed by atoms with E-state index in [0.29, 0.717) is 17.3 Å². The zero-order chi connectivity index (χ0) is 26.2. The number of aliphatic hydroxyl groups is 1. The number of rotatable bonds is 8. The lowest BCUT2D eigenvalue weighted by molar-refractivity contribution is -0.124. The van der Waals surface area contributed by atoms with E-state index in [2.05, 4.69) is 10.3 Å². The van der Waals surface area contributed by atoms with Crippen LogP contribution in [0, 0.1) is 24.0 Å². The Morgan fingerprint density at radius 2 is 2.06 bits per heavy atom. The third kappa shape index (κ3) is 4.67. The molecule has 2 amide bonds. The second-order valence-electron chi connectivity index (χ2n) is 8.47. The van der Waals surface area contributed by atoms with Crippen molar-refractivity contribution in [3.8, 4) is 11.6 Å². The number of hydrogen-bond donors (Lipinski definition) is 3. The van der Waals surface area contributed by atoms with Crippen molar-refractivity contribution >= 4 is 23.4 Å². The Bertz CT molecular complexity index is 1430. The number of carbonyl (C=O) groups is 2. The largest absolute Gasteiger partial charge is 0.471 e. The summed E-state index contributed by atoms with van der Waals surface area (Å²) in [5.74, 6) is -3.01. The summed E-state index contributed by atoms with van der Waals surface area (Å²) in [5.41, 5.74) is 4.63. The lowest BCUT2D eigenvalue weighted by Crippen LogP contribution is -2.38. The van der Waals surface area contributed by atoms with Gasteiger partial charge in [-0.25, -0.2) is 13.8 Å². The van der Waals surface area contributed by atoms with E-state index in [1.54, 1.807) is 13.0 Å². The summed E-state index contributed by atoms with van der Waals surface area (Å²) < 4.78 is 33.4. The van der Waals surface area contributed by atoms with Crippen molar-refractivity contribution in [2.75, 3.05) is 6.61 Å². The standard InChI is InChI=1S/C24H21ClF2N4O5/c1-12-2-3-13(20(33)30-18-8-24(18,10-32)23(28)35)6-17(12)31-11-29-21(19(25)22(31)34)36-9-14-4-5-15(26)7-16(14)27/h2-7,11,18,32H,8-10H2,1H3,(H2,28,35)(H,30,33)/t18?,24-/m0/s1. The Hall–Kier alpha value is -3.83. The van der Waals surface area contributed by atoms with Crippen LogP contribution >= 0.6 is 11.6 Å². The molecule has 36 heavy (non-hydrogen) atoms. The summed E-state index contributed by atoms with van der Waals surface area (Å²) in [6.45, 7) is 0.900. The molecule has 1 saturated carbocycles. The smallest absolute Gasteiger partial charge is 0.280 e. The van der Waals surface area contributed by atoms with E-state index in [0.717, 1.165) is 17.0 Å². The van der Waals surface area contributed by atoms with Crippen LogP contribution in [0.3, 0.4) is 0 Å². The molecule has 0 bridgehead atoms. The van der Waals surface area contributed by atoms with Crippen LogP contribution in [0.4, 0.5) is 8.78 Å². The van der Waals surface area contributed by atoms with Crippen LogP contribution in [0.25, 0.3) is 5.69 Å². The number of carbonyl (C=O) groups excluding carboxylic acids is 2. The molecule has 1 heterocycles. The monoisotopic (exact) mass is 518 g/mol. The SMILES string of the molecule is Cc1ccc(C(=O)NC2C[C@@]2(CO)C(N)=O)cc1-n1cnc(OCc2ccc(F)cc2F)c(Cl)c1=O. The van der Waals surface area contributed by atoms with Gasteiger partial charge in [0.25, 0.3) is 11.5 Å². The number of aliphatic hydroxyl groups excluding tert-OH is 1. The lowest BCUT2D eigenvalue weighted by atomic mass is 10.1. The number of halogens is 3. The van der Waals surface area contributed by atoms with Gasteiger partial charge in [-0.05, 0) is 43.2 Å². The summed E-state index contributed by atoms with van der Waals surface area (Å²) in [6, 6.07) is 6.99. The number of hydrogen-bond acceptors (Lipinski definition) is 6. The molecule has 0 saturated heterocycles. The van der Waals surface area contributed by atoms with Crippen molar-refractivity contribution in [1.82, 2.24) is 14.9 Å². The van der Waals surface area contributed by atoms with Gasteiger partial charge in [0.15, 0.2) is 5.02 Å². The van der Waals surface area contributed by atoms with Crippen LogP contribution in [-0.2, 0) is 11.4 Å². The topological polar surface area (TPSA) is 137 Å². The van der Waals surface area contributed by atoms with Gasteiger partial charge < -0.3 is 20.9 Å².